The summed E-state index contributed by atoms with van der Waals surface area (Å²) < 4.78 is 10.9. The molecule has 0 spiro atoms. The van der Waals surface area contributed by atoms with Crippen LogP contribution in [0.5, 0.6) is 0 Å². The first-order chi connectivity index (χ1) is 8.79. The Labute approximate surface area is 108 Å². The van der Waals surface area contributed by atoms with E-state index in [2.05, 4.69) is 10.2 Å². The number of hydrogen-bond acceptors (Lipinski definition) is 5. The van der Waals surface area contributed by atoms with Crippen molar-refractivity contribution in [2.45, 2.75) is 6.10 Å². The van der Waals surface area contributed by atoms with Crippen LogP contribution in [0.1, 0.15) is 0 Å². The molecular formula is C12H23N3O3. The Hall–Kier alpha value is -0.690. The van der Waals surface area contributed by atoms with Gasteiger partial charge in [0.05, 0.1) is 32.5 Å². The number of carbonyl (C=O) groups excluding carboxylic acids is 1. The van der Waals surface area contributed by atoms with Crippen LogP contribution in [0.2, 0.25) is 0 Å². The van der Waals surface area contributed by atoms with Crippen LogP contribution in [0.4, 0.5) is 0 Å². The van der Waals surface area contributed by atoms with Gasteiger partial charge in [0.25, 0.3) is 0 Å². The molecule has 6 nitrogen and oxygen atoms in total. The summed E-state index contributed by atoms with van der Waals surface area (Å²) in [6.07, 6.45) is 0.196. The van der Waals surface area contributed by atoms with Crippen LogP contribution >= 0.6 is 0 Å². The Bertz CT molecular complexity index is 267. The Kier molecular flexibility index (Phi) is 5.37. The number of hydrogen-bond donors (Lipinski definition) is 1. The van der Waals surface area contributed by atoms with E-state index in [1.807, 2.05) is 11.9 Å². The molecule has 2 fully saturated rings. The van der Waals surface area contributed by atoms with Gasteiger partial charge in [0.2, 0.25) is 5.91 Å². The van der Waals surface area contributed by atoms with Crippen molar-refractivity contribution in [3.63, 3.8) is 0 Å². The number of nitrogens with one attached hydrogen (secondary N) is 1. The van der Waals surface area contributed by atoms with Gasteiger partial charge in [-0.05, 0) is 7.05 Å². The number of likely N-dealkylation sites (N-methyl/N-ethyl adjacent to an activating group) is 1. The lowest BCUT2D eigenvalue weighted by molar-refractivity contribution is -0.138. The molecule has 0 saturated carbocycles. The number of morpholine rings is 2. The molecule has 0 aromatic carbocycles. The molecule has 1 unspecified atom stereocenters. The zero-order chi connectivity index (χ0) is 12.8. The van der Waals surface area contributed by atoms with E-state index in [9.17, 15) is 4.79 Å². The summed E-state index contributed by atoms with van der Waals surface area (Å²) in [6, 6.07) is 0. The van der Waals surface area contributed by atoms with E-state index < -0.39 is 0 Å². The molecule has 0 radical (unpaired) electrons. The lowest BCUT2D eigenvalue weighted by Gasteiger charge is -2.34. The lowest BCUT2D eigenvalue weighted by atomic mass is 10.2. The molecule has 0 bridgehead atoms. The largest absolute Gasteiger partial charge is 0.378 e. The number of amides is 1. The van der Waals surface area contributed by atoms with Crippen LogP contribution in [0.15, 0.2) is 0 Å². The van der Waals surface area contributed by atoms with Gasteiger partial charge < -0.3 is 19.7 Å². The Morgan fingerprint density at radius 1 is 1.28 bits per heavy atom. The maximum absolute atomic E-state index is 12.1. The van der Waals surface area contributed by atoms with Crippen molar-refractivity contribution in [3.05, 3.63) is 0 Å². The molecule has 0 aromatic heterocycles. The normalized spacial score (nSPS) is 26.3. The van der Waals surface area contributed by atoms with E-state index in [1.165, 1.54) is 0 Å². The van der Waals surface area contributed by atoms with Gasteiger partial charge in [-0.1, -0.05) is 0 Å². The second-order valence-corrected chi connectivity index (χ2v) is 4.78. The fourth-order valence-electron chi connectivity index (χ4n) is 2.38. The molecule has 6 heteroatoms. The van der Waals surface area contributed by atoms with E-state index in [0.717, 1.165) is 32.7 Å². The van der Waals surface area contributed by atoms with E-state index in [-0.39, 0.29) is 12.0 Å². The van der Waals surface area contributed by atoms with Crippen molar-refractivity contribution in [2.24, 2.45) is 0 Å². The quantitative estimate of drug-likeness (QED) is 0.683. The van der Waals surface area contributed by atoms with Gasteiger partial charge in [0.15, 0.2) is 0 Å². The molecule has 2 aliphatic heterocycles. The van der Waals surface area contributed by atoms with E-state index in [1.54, 1.807) is 0 Å². The van der Waals surface area contributed by atoms with Crippen LogP contribution in [0.25, 0.3) is 0 Å². The summed E-state index contributed by atoms with van der Waals surface area (Å²) in [5.41, 5.74) is 0. The van der Waals surface area contributed by atoms with Gasteiger partial charge in [-0.2, -0.15) is 0 Å². The predicted molar refractivity (Wildman–Crippen MR) is 67.5 cm³/mol. The minimum Gasteiger partial charge on any atom is -0.378 e. The molecule has 2 aliphatic rings. The summed E-state index contributed by atoms with van der Waals surface area (Å²) in [5.74, 6) is 0.211. The minimum atomic E-state index is 0.196. The van der Waals surface area contributed by atoms with Crippen molar-refractivity contribution >= 4 is 5.91 Å². The molecule has 0 aromatic rings. The Morgan fingerprint density at radius 2 is 2.06 bits per heavy atom. The van der Waals surface area contributed by atoms with Crippen LogP contribution < -0.4 is 5.32 Å². The van der Waals surface area contributed by atoms with Crippen LogP contribution in [0, 0.1) is 0 Å². The predicted octanol–water partition coefficient (Wildman–Crippen LogP) is -1.23. The lowest BCUT2D eigenvalue weighted by Crippen LogP contribution is -2.51. The van der Waals surface area contributed by atoms with Crippen LogP contribution in [-0.2, 0) is 14.3 Å². The molecule has 2 rings (SSSR count). The van der Waals surface area contributed by atoms with E-state index in [4.69, 9.17) is 9.47 Å². The van der Waals surface area contributed by atoms with Crippen LogP contribution in [0.3, 0.4) is 0 Å². The van der Waals surface area contributed by atoms with Crippen molar-refractivity contribution in [2.75, 3.05) is 66.1 Å². The topological polar surface area (TPSA) is 54.0 Å². The summed E-state index contributed by atoms with van der Waals surface area (Å²) in [7, 11) is 1.92. The fraction of sp³-hybridized carbons (Fsp3) is 0.917. The monoisotopic (exact) mass is 257 g/mol. The molecule has 1 atom stereocenters. The van der Waals surface area contributed by atoms with Gasteiger partial charge in [0.1, 0.15) is 0 Å². The van der Waals surface area contributed by atoms with Crippen molar-refractivity contribution in [1.29, 1.82) is 0 Å². The highest BCUT2D eigenvalue weighted by Gasteiger charge is 2.24. The second-order valence-electron chi connectivity index (χ2n) is 4.78. The highest BCUT2D eigenvalue weighted by molar-refractivity contribution is 5.78. The van der Waals surface area contributed by atoms with Crippen molar-refractivity contribution in [1.82, 2.24) is 15.1 Å². The summed E-state index contributed by atoms with van der Waals surface area (Å²) in [6.45, 7) is 6.50. The first kappa shape index (κ1) is 13.7. The smallest absolute Gasteiger partial charge is 0.236 e. The number of nitrogens with zero attached hydrogens (tertiary/aromatic N) is 2. The SMILES string of the molecule is CNCC1CN(CC(=O)N2CCOCC2)CCO1. The van der Waals surface area contributed by atoms with Gasteiger partial charge in [-0.3, -0.25) is 9.69 Å². The van der Waals surface area contributed by atoms with Gasteiger partial charge in [0, 0.05) is 32.7 Å². The highest BCUT2D eigenvalue weighted by Crippen LogP contribution is 2.06. The molecule has 104 valence electrons. The Morgan fingerprint density at radius 3 is 2.78 bits per heavy atom. The number of carbonyl (C=O) groups is 1. The molecule has 18 heavy (non-hydrogen) atoms. The average molecular weight is 257 g/mol. The average Bonchev–Trinajstić information content (AvgIpc) is 2.40. The Balaban J connectivity index is 1.75. The third kappa shape index (κ3) is 3.91. The molecule has 1 N–H and O–H groups in total. The third-order valence-electron chi connectivity index (χ3n) is 3.38. The van der Waals surface area contributed by atoms with E-state index >= 15 is 0 Å². The van der Waals surface area contributed by atoms with Crippen LogP contribution in [-0.4, -0.2) is 87.9 Å². The third-order valence-corrected chi connectivity index (χ3v) is 3.38. The summed E-state index contributed by atoms with van der Waals surface area (Å²) >= 11 is 0. The maximum Gasteiger partial charge on any atom is 0.236 e. The zero-order valence-electron chi connectivity index (χ0n) is 11.1. The highest BCUT2D eigenvalue weighted by atomic mass is 16.5. The van der Waals surface area contributed by atoms with E-state index in [0.29, 0.717) is 26.4 Å². The van der Waals surface area contributed by atoms with Crippen molar-refractivity contribution < 1.29 is 14.3 Å². The first-order valence-electron chi connectivity index (χ1n) is 6.63. The number of ether oxygens (including phenoxy) is 2. The minimum absolute atomic E-state index is 0.196. The standard InChI is InChI=1S/C12H23N3O3/c1-13-8-11-9-14(2-7-18-11)10-12(16)15-3-5-17-6-4-15/h11,13H,2-10H2,1H3. The molecule has 2 heterocycles. The maximum atomic E-state index is 12.1. The molecule has 2 saturated heterocycles. The molecular weight excluding hydrogens is 234 g/mol. The molecule has 1 amide bonds. The number of rotatable bonds is 4. The van der Waals surface area contributed by atoms with Crippen molar-refractivity contribution in [3.8, 4) is 0 Å². The fourth-order valence-corrected chi connectivity index (χ4v) is 2.38. The summed E-state index contributed by atoms with van der Waals surface area (Å²) in [5, 5.41) is 3.11. The first-order valence-corrected chi connectivity index (χ1v) is 6.63. The zero-order valence-corrected chi connectivity index (χ0v) is 11.1. The van der Waals surface area contributed by atoms with Gasteiger partial charge >= 0.3 is 0 Å². The second kappa shape index (κ2) is 7.04. The molecule has 0 aliphatic carbocycles. The summed E-state index contributed by atoms with van der Waals surface area (Å²) in [4.78, 5) is 16.2. The van der Waals surface area contributed by atoms with Gasteiger partial charge in [-0.15, -0.1) is 0 Å². The van der Waals surface area contributed by atoms with Gasteiger partial charge in [-0.25, -0.2) is 0 Å².